The molecule has 0 aliphatic heterocycles. The third-order valence-electron chi connectivity index (χ3n) is 2.23. The lowest BCUT2D eigenvalue weighted by molar-refractivity contribution is 0.281. The van der Waals surface area contributed by atoms with E-state index in [9.17, 15) is 0 Å². The van der Waals surface area contributed by atoms with Gasteiger partial charge in [0.05, 0.1) is 0 Å². The molecule has 0 saturated carbocycles. The summed E-state index contributed by atoms with van der Waals surface area (Å²) in [6, 6.07) is 0. The Kier molecular flexibility index (Phi) is 9.87. The van der Waals surface area contributed by atoms with E-state index < -0.39 is 0 Å². The predicted octanol–water partition coefficient (Wildman–Crippen LogP) is 0.690. The van der Waals surface area contributed by atoms with Crippen LogP contribution in [0.3, 0.4) is 0 Å². The van der Waals surface area contributed by atoms with Crippen molar-refractivity contribution in [1.82, 2.24) is 10.2 Å². The lowest BCUT2D eigenvalue weighted by Gasteiger charge is -2.17. The van der Waals surface area contributed by atoms with E-state index in [1.807, 2.05) is 0 Å². The largest absolute Gasteiger partial charge is 0.396 e. The molecule has 0 bridgehead atoms. The Balaban J connectivity index is 3.05. The summed E-state index contributed by atoms with van der Waals surface area (Å²) in [5.74, 6) is 0. The molecule has 3 heteroatoms. The summed E-state index contributed by atoms with van der Waals surface area (Å²) in [4.78, 5) is 2.42. The van der Waals surface area contributed by atoms with E-state index in [0.717, 1.165) is 32.6 Å². The Bertz CT molecular complexity index is 94.9. The Labute approximate surface area is 82.1 Å². The molecule has 0 aliphatic rings. The molecular weight excluding hydrogens is 164 g/mol. The molecule has 0 amide bonds. The third-order valence-corrected chi connectivity index (χ3v) is 2.23. The van der Waals surface area contributed by atoms with Crippen LogP contribution in [0.4, 0.5) is 0 Å². The van der Waals surface area contributed by atoms with Gasteiger partial charge in [0.15, 0.2) is 0 Å². The SMILES string of the molecule is CCN(CC)CCCNCCCO. The Hall–Kier alpha value is -0.120. The third kappa shape index (κ3) is 8.22. The minimum absolute atomic E-state index is 0.295. The maximum Gasteiger partial charge on any atom is 0.0443 e. The molecule has 0 aliphatic carbocycles. The number of nitrogens with zero attached hydrogens (tertiary/aromatic N) is 1. The molecule has 0 aromatic rings. The predicted molar refractivity (Wildman–Crippen MR) is 57.0 cm³/mol. The molecule has 0 rings (SSSR count). The van der Waals surface area contributed by atoms with Gasteiger partial charge in [-0.05, 0) is 45.6 Å². The maximum absolute atomic E-state index is 8.54. The summed E-state index contributed by atoms with van der Waals surface area (Å²) in [6.07, 6.45) is 2.07. The average Bonchev–Trinajstić information content (AvgIpc) is 2.17. The van der Waals surface area contributed by atoms with E-state index in [1.165, 1.54) is 13.0 Å². The average molecular weight is 188 g/mol. The molecule has 0 aromatic carbocycles. The van der Waals surface area contributed by atoms with Crippen LogP contribution >= 0.6 is 0 Å². The number of aliphatic hydroxyl groups excluding tert-OH is 1. The first-order valence-corrected chi connectivity index (χ1v) is 5.39. The number of rotatable bonds is 9. The van der Waals surface area contributed by atoms with Crippen LogP contribution in [0.5, 0.6) is 0 Å². The molecular formula is C10H24N2O. The van der Waals surface area contributed by atoms with E-state index in [2.05, 4.69) is 24.1 Å². The van der Waals surface area contributed by atoms with Crippen molar-refractivity contribution in [3.05, 3.63) is 0 Å². The molecule has 0 atom stereocenters. The minimum Gasteiger partial charge on any atom is -0.396 e. The molecule has 0 fully saturated rings. The monoisotopic (exact) mass is 188 g/mol. The van der Waals surface area contributed by atoms with Gasteiger partial charge >= 0.3 is 0 Å². The van der Waals surface area contributed by atoms with Crippen LogP contribution in [0, 0.1) is 0 Å². The quantitative estimate of drug-likeness (QED) is 0.523. The zero-order chi connectivity index (χ0) is 9.94. The van der Waals surface area contributed by atoms with Gasteiger partial charge in [-0.2, -0.15) is 0 Å². The lowest BCUT2D eigenvalue weighted by Crippen LogP contribution is -2.27. The fourth-order valence-corrected chi connectivity index (χ4v) is 1.30. The van der Waals surface area contributed by atoms with Crippen molar-refractivity contribution in [2.45, 2.75) is 26.7 Å². The summed E-state index contributed by atoms with van der Waals surface area (Å²) in [5.41, 5.74) is 0. The standard InChI is InChI=1S/C10H24N2O/c1-3-12(4-2)9-5-7-11-8-6-10-13/h11,13H,3-10H2,1-2H3. The van der Waals surface area contributed by atoms with E-state index in [4.69, 9.17) is 5.11 Å². The molecule has 0 aromatic heterocycles. The number of nitrogens with one attached hydrogen (secondary N) is 1. The zero-order valence-corrected chi connectivity index (χ0v) is 9.05. The first kappa shape index (κ1) is 12.9. The van der Waals surface area contributed by atoms with E-state index in [0.29, 0.717) is 6.61 Å². The van der Waals surface area contributed by atoms with Gasteiger partial charge in [-0.1, -0.05) is 13.8 Å². The highest BCUT2D eigenvalue weighted by Gasteiger charge is 1.96. The molecule has 0 saturated heterocycles. The smallest absolute Gasteiger partial charge is 0.0443 e. The van der Waals surface area contributed by atoms with Gasteiger partial charge in [-0.25, -0.2) is 0 Å². The van der Waals surface area contributed by atoms with Crippen LogP contribution in [-0.2, 0) is 0 Å². The maximum atomic E-state index is 8.54. The molecule has 3 nitrogen and oxygen atoms in total. The normalized spacial score (nSPS) is 11.1. The van der Waals surface area contributed by atoms with Crippen LogP contribution in [0.1, 0.15) is 26.7 Å². The molecule has 0 unspecified atom stereocenters. The second kappa shape index (κ2) is 9.96. The summed E-state index contributed by atoms with van der Waals surface area (Å²) in [7, 11) is 0. The highest BCUT2D eigenvalue weighted by Crippen LogP contribution is 1.89. The second-order valence-electron chi connectivity index (χ2n) is 3.21. The van der Waals surface area contributed by atoms with Gasteiger partial charge in [0, 0.05) is 6.61 Å². The van der Waals surface area contributed by atoms with Crippen molar-refractivity contribution in [1.29, 1.82) is 0 Å². The molecule has 2 N–H and O–H groups in total. The van der Waals surface area contributed by atoms with Crippen LogP contribution in [0.2, 0.25) is 0 Å². The van der Waals surface area contributed by atoms with E-state index >= 15 is 0 Å². The van der Waals surface area contributed by atoms with E-state index in [1.54, 1.807) is 0 Å². The Morgan fingerprint density at radius 1 is 1.08 bits per heavy atom. The van der Waals surface area contributed by atoms with Crippen molar-refractivity contribution in [2.75, 3.05) is 39.3 Å². The fourth-order valence-electron chi connectivity index (χ4n) is 1.30. The highest BCUT2D eigenvalue weighted by atomic mass is 16.3. The fraction of sp³-hybridized carbons (Fsp3) is 1.00. The molecule has 0 radical (unpaired) electrons. The van der Waals surface area contributed by atoms with Crippen LogP contribution < -0.4 is 5.32 Å². The van der Waals surface area contributed by atoms with Crippen molar-refractivity contribution < 1.29 is 5.11 Å². The van der Waals surface area contributed by atoms with Crippen LogP contribution in [0.25, 0.3) is 0 Å². The molecule has 80 valence electrons. The zero-order valence-electron chi connectivity index (χ0n) is 9.05. The van der Waals surface area contributed by atoms with Crippen molar-refractivity contribution >= 4 is 0 Å². The lowest BCUT2D eigenvalue weighted by atomic mass is 10.3. The van der Waals surface area contributed by atoms with Gasteiger partial charge in [-0.3, -0.25) is 0 Å². The molecule has 13 heavy (non-hydrogen) atoms. The summed E-state index contributed by atoms with van der Waals surface area (Å²) in [5, 5.41) is 11.8. The molecule has 0 heterocycles. The second-order valence-corrected chi connectivity index (χ2v) is 3.21. The van der Waals surface area contributed by atoms with Gasteiger partial charge < -0.3 is 15.3 Å². The van der Waals surface area contributed by atoms with Crippen molar-refractivity contribution in [3.8, 4) is 0 Å². The van der Waals surface area contributed by atoms with Crippen LogP contribution in [0.15, 0.2) is 0 Å². The van der Waals surface area contributed by atoms with Gasteiger partial charge in [0.1, 0.15) is 0 Å². The summed E-state index contributed by atoms with van der Waals surface area (Å²) in [6.45, 7) is 10.2. The summed E-state index contributed by atoms with van der Waals surface area (Å²) < 4.78 is 0. The molecule has 0 spiro atoms. The van der Waals surface area contributed by atoms with E-state index in [-0.39, 0.29) is 0 Å². The summed E-state index contributed by atoms with van der Waals surface area (Å²) >= 11 is 0. The Morgan fingerprint density at radius 3 is 2.23 bits per heavy atom. The Morgan fingerprint density at radius 2 is 1.69 bits per heavy atom. The first-order valence-electron chi connectivity index (χ1n) is 5.39. The van der Waals surface area contributed by atoms with Crippen molar-refractivity contribution in [3.63, 3.8) is 0 Å². The number of hydrogen-bond acceptors (Lipinski definition) is 3. The van der Waals surface area contributed by atoms with Gasteiger partial charge in [0.2, 0.25) is 0 Å². The number of hydrogen-bond donors (Lipinski definition) is 2. The van der Waals surface area contributed by atoms with Gasteiger partial charge in [-0.15, -0.1) is 0 Å². The van der Waals surface area contributed by atoms with Crippen molar-refractivity contribution in [2.24, 2.45) is 0 Å². The topological polar surface area (TPSA) is 35.5 Å². The number of aliphatic hydroxyl groups is 1. The van der Waals surface area contributed by atoms with Gasteiger partial charge in [0.25, 0.3) is 0 Å². The van der Waals surface area contributed by atoms with Crippen LogP contribution in [-0.4, -0.2) is 49.3 Å². The highest BCUT2D eigenvalue weighted by molar-refractivity contribution is 4.54. The minimum atomic E-state index is 0.295. The first-order chi connectivity index (χ1) is 6.35.